The molecule has 4 heteroatoms. The molecule has 0 spiro atoms. The van der Waals surface area contributed by atoms with Gasteiger partial charge in [-0.05, 0) is 0 Å². The normalized spacial score (nSPS) is 7.25. The maximum atomic E-state index is 8.57. The van der Waals surface area contributed by atoms with Crippen LogP contribution in [0.4, 0.5) is 0 Å². The van der Waals surface area contributed by atoms with Crippen LogP contribution < -0.4 is 0 Å². The fourth-order valence-corrected chi connectivity index (χ4v) is 0. The summed E-state index contributed by atoms with van der Waals surface area (Å²) in [6.45, 7) is 0. The second-order valence-electron chi connectivity index (χ2n) is 0.105. The average Bonchev–Trinajstić information content (AvgIpc) is 0.918. The van der Waals surface area contributed by atoms with Crippen molar-refractivity contribution in [2.75, 3.05) is 0 Å². The molecule has 0 bridgehead atoms. The van der Waals surface area contributed by atoms with E-state index in [9.17, 15) is 0 Å². The van der Waals surface area contributed by atoms with Crippen LogP contribution in [0.3, 0.4) is 0 Å². The van der Waals surface area contributed by atoms with E-state index in [0.717, 1.165) is 0 Å². The molecule has 0 saturated heterocycles. The van der Waals surface area contributed by atoms with E-state index in [2.05, 4.69) is 0 Å². The van der Waals surface area contributed by atoms with Crippen molar-refractivity contribution in [3.63, 3.8) is 0 Å². The predicted octanol–water partition coefficient (Wildman–Crippen LogP) is -0.731. The third kappa shape index (κ3) is 9.00. The first kappa shape index (κ1) is 9.37. The van der Waals surface area contributed by atoms with Gasteiger partial charge >= 0.3 is 0 Å². The van der Waals surface area contributed by atoms with E-state index in [-0.39, 0.29) is 58.2 Å². The first-order valence-electron chi connectivity index (χ1n) is 0.494. The van der Waals surface area contributed by atoms with Crippen LogP contribution in [-0.2, 0) is 4.57 Å². The summed E-state index contributed by atoms with van der Waals surface area (Å²) in [5, 5.41) is 0. The van der Waals surface area contributed by atoms with Gasteiger partial charge in [0.15, 0.2) is 8.69 Å². The van der Waals surface area contributed by atoms with Crippen molar-refractivity contribution in [2.24, 2.45) is 0 Å². The number of hydrogen-bond acceptors (Lipinski definition) is 1. The molecule has 0 aromatic rings. The molecule has 2 nitrogen and oxygen atoms in total. The molecule has 0 aliphatic rings. The summed E-state index contributed by atoms with van der Waals surface area (Å²) in [4.78, 5) is 7.10. The Hall–Kier alpha value is 2.00. The van der Waals surface area contributed by atoms with E-state index in [4.69, 9.17) is 9.46 Å². The molecule has 0 amide bonds. The van der Waals surface area contributed by atoms with Gasteiger partial charge in [-0.3, -0.25) is 4.57 Å². The first-order valence-corrected chi connectivity index (χ1v) is 1.48. The maximum absolute atomic E-state index is 8.57. The van der Waals surface area contributed by atoms with Crippen LogP contribution in [0.15, 0.2) is 0 Å². The summed E-state index contributed by atoms with van der Waals surface area (Å²) >= 11 is 0. The summed E-state index contributed by atoms with van der Waals surface area (Å²) in [6.07, 6.45) is 0. The number of rotatable bonds is 0. The smallest absolute Gasteiger partial charge is 0.177 e. The zero-order valence-electron chi connectivity index (χ0n) is 2.43. The van der Waals surface area contributed by atoms with E-state index in [1.807, 2.05) is 0 Å². The summed E-state index contributed by atoms with van der Waals surface area (Å²) in [5.74, 6) is 0. The molecular formula is H3O2PRb. The Bertz CT molecular complexity index is 13.5. The molecule has 0 aromatic heterocycles. The van der Waals surface area contributed by atoms with E-state index in [1.165, 1.54) is 0 Å². The molecule has 1 atom stereocenters. The Morgan fingerprint density at radius 3 is 1.75 bits per heavy atom. The number of hydrogen-bond donors (Lipinski definition) is 1. The summed E-state index contributed by atoms with van der Waals surface area (Å²) in [5.41, 5.74) is 0. The van der Waals surface area contributed by atoms with Crippen molar-refractivity contribution in [1.82, 2.24) is 0 Å². The standard InChI is InChI=1S/H3O2P.Rb/c1-3-2;/h3H2,(H,1,2);. The minimum Gasteiger partial charge on any atom is -0.348 e. The van der Waals surface area contributed by atoms with Crippen LogP contribution in [0.25, 0.3) is 0 Å². The minimum absolute atomic E-state index is 0. The monoisotopic (exact) mass is 151 g/mol. The Morgan fingerprint density at radius 2 is 1.75 bits per heavy atom. The van der Waals surface area contributed by atoms with Gasteiger partial charge < -0.3 is 4.89 Å². The van der Waals surface area contributed by atoms with Crippen LogP contribution in [-0.4, -0.2) is 63.1 Å². The second kappa shape index (κ2) is 8.89. The molecule has 4 heavy (non-hydrogen) atoms. The fraction of sp³-hybridized carbons (Fsp3) is 0. The molecule has 0 fully saturated rings. The molecule has 21 valence electrons. The molecule has 0 aliphatic heterocycles. The Morgan fingerprint density at radius 1 is 1.75 bits per heavy atom. The average molecular weight is 151 g/mol. The largest absolute Gasteiger partial charge is 0.348 e. The molecule has 0 rings (SSSR count). The van der Waals surface area contributed by atoms with Crippen molar-refractivity contribution in [1.29, 1.82) is 0 Å². The molecule has 1 radical (unpaired) electrons. The SMILES string of the molecule is O=[PH2]O.[Rb]. The minimum atomic E-state index is -1.50. The Kier molecular flexibility index (Phi) is 20.8. The first-order chi connectivity index (χ1) is 1.41. The maximum Gasteiger partial charge on any atom is 0.177 e. The van der Waals surface area contributed by atoms with Gasteiger partial charge in [-0.15, -0.1) is 0 Å². The van der Waals surface area contributed by atoms with Gasteiger partial charge in [-0.1, -0.05) is 0 Å². The zero-order valence-corrected chi connectivity index (χ0v) is 8.50. The van der Waals surface area contributed by atoms with Gasteiger partial charge in [-0.25, -0.2) is 0 Å². The van der Waals surface area contributed by atoms with Crippen molar-refractivity contribution >= 4 is 66.9 Å². The molecule has 1 unspecified atom stereocenters. The van der Waals surface area contributed by atoms with E-state index < -0.39 is 8.69 Å². The third-order valence-corrected chi connectivity index (χ3v) is 0. The van der Waals surface area contributed by atoms with Crippen LogP contribution in [0.2, 0.25) is 0 Å². The van der Waals surface area contributed by atoms with Gasteiger partial charge in [-0.2, -0.15) is 0 Å². The van der Waals surface area contributed by atoms with Gasteiger partial charge in [0.1, 0.15) is 0 Å². The van der Waals surface area contributed by atoms with E-state index in [0.29, 0.717) is 0 Å². The van der Waals surface area contributed by atoms with Gasteiger partial charge in [0.25, 0.3) is 0 Å². The molecule has 0 aliphatic carbocycles. The molecule has 1 N–H and O–H groups in total. The molecule has 0 heterocycles. The molecule has 0 aromatic carbocycles. The van der Waals surface area contributed by atoms with Crippen molar-refractivity contribution < 1.29 is 9.46 Å². The quantitative estimate of drug-likeness (QED) is 0.464. The van der Waals surface area contributed by atoms with Crippen LogP contribution >= 0.6 is 8.69 Å². The van der Waals surface area contributed by atoms with Crippen molar-refractivity contribution in [3.05, 3.63) is 0 Å². The van der Waals surface area contributed by atoms with E-state index >= 15 is 0 Å². The van der Waals surface area contributed by atoms with Crippen molar-refractivity contribution in [3.8, 4) is 0 Å². The third-order valence-electron chi connectivity index (χ3n) is 0. The zero-order chi connectivity index (χ0) is 2.71. The molecule has 0 saturated carbocycles. The second-order valence-corrected chi connectivity index (χ2v) is 0.316. The van der Waals surface area contributed by atoms with Gasteiger partial charge in [0.05, 0.1) is 0 Å². The fourth-order valence-electron chi connectivity index (χ4n) is 0. The van der Waals surface area contributed by atoms with Crippen LogP contribution in [0.1, 0.15) is 0 Å². The molecular weight excluding hydrogens is 148 g/mol. The Balaban J connectivity index is 0. The topological polar surface area (TPSA) is 37.3 Å². The van der Waals surface area contributed by atoms with E-state index in [1.54, 1.807) is 0 Å². The summed E-state index contributed by atoms with van der Waals surface area (Å²) in [6, 6.07) is 0. The van der Waals surface area contributed by atoms with Gasteiger partial charge in [0.2, 0.25) is 0 Å². The van der Waals surface area contributed by atoms with Crippen LogP contribution in [0, 0.1) is 0 Å². The van der Waals surface area contributed by atoms with Crippen molar-refractivity contribution in [2.45, 2.75) is 0 Å². The summed E-state index contributed by atoms with van der Waals surface area (Å²) < 4.78 is 8.57. The Labute approximate surface area is 74.7 Å². The van der Waals surface area contributed by atoms with Gasteiger partial charge in [0, 0.05) is 58.2 Å². The summed E-state index contributed by atoms with van der Waals surface area (Å²) in [7, 11) is -1.50. The predicted molar refractivity (Wildman–Crippen MR) is 18.4 cm³/mol. The van der Waals surface area contributed by atoms with Crippen LogP contribution in [0.5, 0.6) is 0 Å².